The summed E-state index contributed by atoms with van der Waals surface area (Å²) in [5.41, 5.74) is 0. The van der Waals surface area contributed by atoms with E-state index in [1.54, 1.807) is 0 Å². The Kier molecular flexibility index (Phi) is 30.9. The lowest BCUT2D eigenvalue weighted by Gasteiger charge is -2.21. The molecule has 0 rings (SSSR count). The Labute approximate surface area is 244 Å². The van der Waals surface area contributed by atoms with Gasteiger partial charge in [-0.25, -0.2) is 0 Å². The molecule has 0 aliphatic carbocycles. The zero-order valence-electron chi connectivity index (χ0n) is 26.4. The molecule has 0 saturated heterocycles. The topological polar surface area (TPSA) is 69.6 Å². The van der Waals surface area contributed by atoms with Crippen LogP contribution in [0.25, 0.3) is 0 Å². The summed E-state index contributed by atoms with van der Waals surface area (Å²) in [5, 5.41) is 22.9. The fraction of sp³-hybridized carbons (Fsp3) is 0.914. The number of amides is 1. The van der Waals surface area contributed by atoms with E-state index in [2.05, 4.69) is 25.2 Å². The van der Waals surface area contributed by atoms with Gasteiger partial charge in [-0.3, -0.25) is 4.79 Å². The fourth-order valence-corrected chi connectivity index (χ4v) is 5.29. The Balaban J connectivity index is 3.61. The van der Waals surface area contributed by atoms with E-state index in [1.165, 1.54) is 141 Å². The first-order chi connectivity index (χ1) is 19.2. The van der Waals surface area contributed by atoms with Gasteiger partial charge in [0.25, 0.3) is 0 Å². The van der Waals surface area contributed by atoms with E-state index in [0.29, 0.717) is 12.8 Å². The number of hydrogen-bond donors (Lipinski definition) is 3. The van der Waals surface area contributed by atoms with E-state index < -0.39 is 12.1 Å². The van der Waals surface area contributed by atoms with Gasteiger partial charge in [-0.1, -0.05) is 167 Å². The summed E-state index contributed by atoms with van der Waals surface area (Å²) in [7, 11) is 0. The zero-order chi connectivity index (χ0) is 28.7. The largest absolute Gasteiger partial charge is 0.394 e. The van der Waals surface area contributed by atoms with Crippen molar-refractivity contribution in [1.82, 2.24) is 5.32 Å². The molecule has 2 atom stereocenters. The van der Waals surface area contributed by atoms with Crippen LogP contribution in [0.15, 0.2) is 12.2 Å². The number of unbranched alkanes of at least 4 members (excludes halogenated alkanes) is 23. The summed E-state index contributed by atoms with van der Waals surface area (Å²) < 4.78 is 0. The van der Waals surface area contributed by atoms with Gasteiger partial charge in [-0.05, 0) is 25.7 Å². The van der Waals surface area contributed by atoms with Crippen molar-refractivity contribution >= 4 is 5.91 Å². The summed E-state index contributed by atoms with van der Waals surface area (Å²) in [6.07, 6.45) is 37.0. The number of aliphatic hydroxyl groups is 2. The van der Waals surface area contributed by atoms with E-state index in [4.69, 9.17) is 0 Å². The molecule has 0 aromatic heterocycles. The molecule has 3 N–H and O–H groups in total. The Morgan fingerprint density at radius 2 is 0.974 bits per heavy atom. The summed E-state index contributed by atoms with van der Waals surface area (Å²) in [5.74, 6) is -0.0543. The first kappa shape index (κ1) is 38.1. The zero-order valence-corrected chi connectivity index (χ0v) is 26.4. The molecule has 0 radical (unpaired) electrons. The minimum Gasteiger partial charge on any atom is -0.394 e. The Bertz CT molecular complexity index is 522. The minimum absolute atomic E-state index is 0.0543. The van der Waals surface area contributed by atoms with E-state index in [9.17, 15) is 15.0 Å². The van der Waals surface area contributed by atoms with Crippen molar-refractivity contribution < 1.29 is 15.0 Å². The molecule has 0 saturated carbocycles. The fourth-order valence-electron chi connectivity index (χ4n) is 5.29. The SMILES string of the molecule is CCCCCCCCCCCCC=CC[C@@H](O)[C@H](CO)NC(=O)CCCCCCCCCCCCCCCC. The van der Waals surface area contributed by atoms with E-state index in [-0.39, 0.29) is 12.5 Å². The molecule has 4 heteroatoms. The van der Waals surface area contributed by atoms with E-state index >= 15 is 0 Å². The maximum absolute atomic E-state index is 12.3. The van der Waals surface area contributed by atoms with Crippen LogP contribution in [0.3, 0.4) is 0 Å². The van der Waals surface area contributed by atoms with Gasteiger partial charge in [0, 0.05) is 6.42 Å². The van der Waals surface area contributed by atoms with Crippen molar-refractivity contribution in [1.29, 1.82) is 0 Å². The van der Waals surface area contributed by atoms with E-state index in [1.807, 2.05) is 6.08 Å². The van der Waals surface area contributed by atoms with Crippen LogP contribution in [-0.4, -0.2) is 34.9 Å². The van der Waals surface area contributed by atoms with Crippen molar-refractivity contribution in [2.45, 2.75) is 199 Å². The van der Waals surface area contributed by atoms with Crippen LogP contribution in [0.1, 0.15) is 187 Å². The van der Waals surface area contributed by atoms with Gasteiger partial charge in [-0.2, -0.15) is 0 Å². The number of allylic oxidation sites excluding steroid dienone is 1. The highest BCUT2D eigenvalue weighted by atomic mass is 16.3. The molecule has 0 aliphatic rings. The van der Waals surface area contributed by atoms with Crippen LogP contribution in [0.2, 0.25) is 0 Å². The molecule has 4 nitrogen and oxygen atoms in total. The second-order valence-corrected chi connectivity index (χ2v) is 11.9. The second kappa shape index (κ2) is 31.7. The summed E-state index contributed by atoms with van der Waals surface area (Å²) in [6.45, 7) is 4.31. The van der Waals surface area contributed by atoms with Crippen LogP contribution in [0.4, 0.5) is 0 Å². The third-order valence-electron chi connectivity index (χ3n) is 8.03. The maximum Gasteiger partial charge on any atom is 0.220 e. The molecule has 0 bridgehead atoms. The van der Waals surface area contributed by atoms with Gasteiger partial charge in [0.2, 0.25) is 5.91 Å². The number of nitrogens with one attached hydrogen (secondary N) is 1. The molecular formula is C35H69NO3. The third-order valence-corrected chi connectivity index (χ3v) is 8.03. The highest BCUT2D eigenvalue weighted by molar-refractivity contribution is 5.76. The average Bonchev–Trinajstić information content (AvgIpc) is 2.94. The standard InChI is InChI=1S/C35H69NO3/c1-3-5-7-9-11-13-15-17-19-21-23-25-27-29-31-35(39)36-33(32-37)34(38)30-28-26-24-22-20-18-16-14-12-10-8-6-4-2/h26,28,33-34,37-38H,3-25,27,29-32H2,1-2H3,(H,36,39)/t33-,34+/m0/s1. The predicted octanol–water partition coefficient (Wildman–Crippen LogP) is 9.95. The summed E-state index contributed by atoms with van der Waals surface area (Å²) in [4.78, 5) is 12.3. The Hall–Kier alpha value is -0.870. The van der Waals surface area contributed by atoms with Crippen LogP contribution in [-0.2, 0) is 4.79 Å². The molecule has 0 aromatic rings. The molecule has 0 fully saturated rings. The normalized spacial score (nSPS) is 13.2. The quantitative estimate of drug-likeness (QED) is 0.0593. The lowest BCUT2D eigenvalue weighted by atomic mass is 10.0. The van der Waals surface area contributed by atoms with Crippen molar-refractivity contribution in [3.8, 4) is 0 Å². The predicted molar refractivity (Wildman–Crippen MR) is 170 cm³/mol. The van der Waals surface area contributed by atoms with Crippen molar-refractivity contribution in [2.24, 2.45) is 0 Å². The van der Waals surface area contributed by atoms with Crippen molar-refractivity contribution in [3.05, 3.63) is 12.2 Å². The maximum atomic E-state index is 12.3. The third kappa shape index (κ3) is 28.5. The van der Waals surface area contributed by atoms with Gasteiger partial charge in [0.1, 0.15) is 0 Å². The first-order valence-corrected chi connectivity index (χ1v) is 17.4. The molecule has 0 unspecified atom stereocenters. The Morgan fingerprint density at radius 1 is 0.590 bits per heavy atom. The van der Waals surface area contributed by atoms with Gasteiger partial charge in [0.15, 0.2) is 0 Å². The van der Waals surface area contributed by atoms with Gasteiger partial charge < -0.3 is 15.5 Å². The van der Waals surface area contributed by atoms with Gasteiger partial charge >= 0.3 is 0 Å². The van der Waals surface area contributed by atoms with Crippen LogP contribution >= 0.6 is 0 Å². The molecular weight excluding hydrogens is 482 g/mol. The molecule has 0 spiro atoms. The first-order valence-electron chi connectivity index (χ1n) is 17.4. The summed E-state index contributed by atoms with van der Waals surface area (Å²) in [6, 6.07) is -0.578. The smallest absolute Gasteiger partial charge is 0.220 e. The number of carbonyl (C=O) groups is 1. The second-order valence-electron chi connectivity index (χ2n) is 11.9. The van der Waals surface area contributed by atoms with Gasteiger partial charge in [0.05, 0.1) is 18.8 Å². The van der Waals surface area contributed by atoms with Crippen LogP contribution in [0, 0.1) is 0 Å². The lowest BCUT2D eigenvalue weighted by Crippen LogP contribution is -2.45. The molecule has 0 aromatic carbocycles. The van der Waals surface area contributed by atoms with Crippen LogP contribution in [0.5, 0.6) is 0 Å². The monoisotopic (exact) mass is 552 g/mol. The number of hydrogen-bond acceptors (Lipinski definition) is 3. The lowest BCUT2D eigenvalue weighted by molar-refractivity contribution is -0.123. The summed E-state index contributed by atoms with van der Waals surface area (Å²) >= 11 is 0. The van der Waals surface area contributed by atoms with E-state index in [0.717, 1.165) is 19.3 Å². The van der Waals surface area contributed by atoms with Crippen LogP contribution < -0.4 is 5.32 Å². The molecule has 0 heterocycles. The van der Waals surface area contributed by atoms with Crippen molar-refractivity contribution in [3.63, 3.8) is 0 Å². The average molecular weight is 552 g/mol. The number of carbonyl (C=O) groups excluding carboxylic acids is 1. The number of rotatable bonds is 31. The molecule has 0 aliphatic heterocycles. The van der Waals surface area contributed by atoms with Gasteiger partial charge in [-0.15, -0.1) is 0 Å². The molecule has 1 amide bonds. The minimum atomic E-state index is -0.737. The molecule has 232 valence electrons. The number of aliphatic hydroxyl groups excluding tert-OH is 2. The molecule has 39 heavy (non-hydrogen) atoms. The highest BCUT2D eigenvalue weighted by Crippen LogP contribution is 2.14. The Morgan fingerprint density at radius 3 is 1.38 bits per heavy atom. The van der Waals surface area contributed by atoms with Crippen molar-refractivity contribution in [2.75, 3.05) is 6.61 Å². The highest BCUT2D eigenvalue weighted by Gasteiger charge is 2.19.